The van der Waals surface area contributed by atoms with E-state index < -0.39 is 0 Å². The molecular weight excluding hydrogens is 265 g/mol. The second-order valence-electron chi connectivity index (χ2n) is 2.51. The Labute approximate surface area is 86.1 Å². The van der Waals surface area contributed by atoms with Crippen LogP contribution in [-0.4, -0.2) is 18.3 Å². The third kappa shape index (κ3) is 3.40. The molecule has 1 rings (SSSR count). The monoisotopic (exact) mass is 277 g/mol. The van der Waals surface area contributed by atoms with Crippen LogP contribution in [0.5, 0.6) is 0 Å². The first kappa shape index (κ1) is 9.80. The lowest BCUT2D eigenvalue weighted by atomic mass is 10.3. The van der Waals surface area contributed by atoms with Crippen molar-refractivity contribution in [3.8, 4) is 0 Å². The first-order valence-electron chi connectivity index (χ1n) is 3.93. The van der Waals surface area contributed by atoms with Crippen molar-refractivity contribution in [3.05, 3.63) is 27.8 Å². The minimum Gasteiger partial charge on any atom is -0.396 e. The van der Waals surface area contributed by atoms with Crippen molar-refractivity contribution in [2.75, 3.05) is 18.5 Å². The van der Waals surface area contributed by atoms with E-state index in [9.17, 15) is 0 Å². The highest BCUT2D eigenvalue weighted by Gasteiger charge is 1.91. The lowest BCUT2D eigenvalue weighted by Gasteiger charge is -2.04. The molecule has 0 heterocycles. The van der Waals surface area contributed by atoms with Crippen molar-refractivity contribution < 1.29 is 5.11 Å². The molecule has 0 atom stereocenters. The van der Waals surface area contributed by atoms with Crippen molar-refractivity contribution in [3.63, 3.8) is 0 Å². The number of aliphatic hydroxyl groups excluding tert-OH is 1. The SMILES string of the molecule is OCCCNc1cccc(I)c1. The van der Waals surface area contributed by atoms with Crippen LogP contribution in [0.2, 0.25) is 0 Å². The minimum absolute atomic E-state index is 0.247. The van der Waals surface area contributed by atoms with Gasteiger partial charge < -0.3 is 10.4 Å². The van der Waals surface area contributed by atoms with E-state index >= 15 is 0 Å². The van der Waals surface area contributed by atoms with Gasteiger partial charge in [0.15, 0.2) is 0 Å². The number of halogens is 1. The fourth-order valence-electron chi connectivity index (χ4n) is 0.910. The number of rotatable bonds is 4. The number of benzene rings is 1. The highest BCUT2D eigenvalue weighted by atomic mass is 127. The van der Waals surface area contributed by atoms with E-state index in [4.69, 9.17) is 5.11 Å². The van der Waals surface area contributed by atoms with E-state index in [1.807, 2.05) is 12.1 Å². The second-order valence-corrected chi connectivity index (χ2v) is 3.76. The molecule has 0 amide bonds. The summed E-state index contributed by atoms with van der Waals surface area (Å²) in [6, 6.07) is 8.18. The van der Waals surface area contributed by atoms with Crippen LogP contribution in [0.15, 0.2) is 24.3 Å². The molecule has 1 aromatic rings. The van der Waals surface area contributed by atoms with Gasteiger partial charge in [0.1, 0.15) is 0 Å². The lowest BCUT2D eigenvalue weighted by molar-refractivity contribution is 0.292. The zero-order chi connectivity index (χ0) is 8.81. The molecule has 0 bridgehead atoms. The minimum atomic E-state index is 0.247. The third-order valence-corrected chi connectivity index (χ3v) is 2.16. The van der Waals surface area contributed by atoms with Gasteiger partial charge in [-0.2, -0.15) is 0 Å². The van der Waals surface area contributed by atoms with Crippen LogP contribution in [0.1, 0.15) is 6.42 Å². The van der Waals surface area contributed by atoms with E-state index in [-0.39, 0.29) is 6.61 Å². The second kappa shape index (κ2) is 5.37. The Morgan fingerprint density at radius 2 is 2.25 bits per heavy atom. The predicted molar refractivity (Wildman–Crippen MR) is 59.4 cm³/mol. The maximum Gasteiger partial charge on any atom is 0.0447 e. The van der Waals surface area contributed by atoms with Crippen LogP contribution >= 0.6 is 22.6 Å². The van der Waals surface area contributed by atoms with Gasteiger partial charge in [-0.1, -0.05) is 6.07 Å². The molecule has 66 valence electrons. The van der Waals surface area contributed by atoms with Crippen LogP contribution in [0.25, 0.3) is 0 Å². The molecule has 2 N–H and O–H groups in total. The van der Waals surface area contributed by atoms with Crippen LogP contribution in [-0.2, 0) is 0 Å². The van der Waals surface area contributed by atoms with Gasteiger partial charge in [0.05, 0.1) is 0 Å². The molecule has 3 heteroatoms. The van der Waals surface area contributed by atoms with Crippen LogP contribution < -0.4 is 5.32 Å². The van der Waals surface area contributed by atoms with Crippen molar-refractivity contribution in [2.24, 2.45) is 0 Å². The molecule has 0 aromatic heterocycles. The Bertz CT molecular complexity index is 240. The van der Waals surface area contributed by atoms with E-state index in [1.165, 1.54) is 3.57 Å². The maximum atomic E-state index is 8.56. The standard InChI is InChI=1S/C9H12INO/c10-8-3-1-4-9(7-8)11-5-2-6-12/h1,3-4,7,11-12H,2,5-6H2. The number of aliphatic hydroxyl groups is 1. The predicted octanol–water partition coefficient (Wildman–Crippen LogP) is 2.09. The van der Waals surface area contributed by atoms with Gasteiger partial charge in [0, 0.05) is 22.4 Å². The summed E-state index contributed by atoms with van der Waals surface area (Å²) in [5, 5.41) is 11.8. The van der Waals surface area contributed by atoms with E-state index in [2.05, 4.69) is 40.0 Å². The Hall–Kier alpha value is -0.290. The van der Waals surface area contributed by atoms with E-state index in [0.29, 0.717) is 0 Å². The quantitative estimate of drug-likeness (QED) is 0.652. The Kier molecular flexibility index (Phi) is 4.39. The van der Waals surface area contributed by atoms with Gasteiger partial charge in [0.2, 0.25) is 0 Å². The summed E-state index contributed by atoms with van der Waals surface area (Å²) in [6.07, 6.45) is 0.797. The average molecular weight is 277 g/mol. The highest BCUT2D eigenvalue weighted by Crippen LogP contribution is 2.11. The van der Waals surface area contributed by atoms with Crippen LogP contribution in [0.3, 0.4) is 0 Å². The van der Waals surface area contributed by atoms with Gasteiger partial charge in [0.25, 0.3) is 0 Å². The smallest absolute Gasteiger partial charge is 0.0447 e. The largest absolute Gasteiger partial charge is 0.396 e. The average Bonchev–Trinajstić information content (AvgIpc) is 2.05. The molecule has 0 radical (unpaired) electrons. The summed E-state index contributed by atoms with van der Waals surface area (Å²) >= 11 is 2.28. The Morgan fingerprint density at radius 3 is 2.92 bits per heavy atom. The van der Waals surface area contributed by atoms with Gasteiger partial charge in [-0.25, -0.2) is 0 Å². The molecule has 1 aromatic carbocycles. The Morgan fingerprint density at radius 1 is 1.42 bits per heavy atom. The fraction of sp³-hybridized carbons (Fsp3) is 0.333. The van der Waals surface area contributed by atoms with Crippen molar-refractivity contribution >= 4 is 28.3 Å². The first-order valence-corrected chi connectivity index (χ1v) is 5.01. The summed E-state index contributed by atoms with van der Waals surface area (Å²) in [7, 11) is 0. The van der Waals surface area contributed by atoms with Crippen molar-refractivity contribution in [1.29, 1.82) is 0 Å². The molecule has 0 unspecified atom stereocenters. The van der Waals surface area contributed by atoms with Gasteiger partial charge >= 0.3 is 0 Å². The molecule has 0 saturated carbocycles. The molecule has 0 fully saturated rings. The number of anilines is 1. The zero-order valence-electron chi connectivity index (χ0n) is 6.76. The molecule has 0 aliphatic rings. The van der Waals surface area contributed by atoms with Crippen molar-refractivity contribution in [1.82, 2.24) is 0 Å². The lowest BCUT2D eigenvalue weighted by Crippen LogP contribution is -2.03. The van der Waals surface area contributed by atoms with E-state index in [0.717, 1.165) is 18.7 Å². The highest BCUT2D eigenvalue weighted by molar-refractivity contribution is 14.1. The molecule has 0 aliphatic carbocycles. The first-order chi connectivity index (χ1) is 5.83. The third-order valence-electron chi connectivity index (χ3n) is 1.49. The Balaban J connectivity index is 2.41. The number of hydrogen-bond donors (Lipinski definition) is 2. The fourth-order valence-corrected chi connectivity index (χ4v) is 1.45. The summed E-state index contributed by atoms with van der Waals surface area (Å²) in [4.78, 5) is 0. The normalized spacial score (nSPS) is 9.83. The summed E-state index contributed by atoms with van der Waals surface area (Å²) in [5.74, 6) is 0. The van der Waals surface area contributed by atoms with Gasteiger partial charge in [-0.05, 0) is 47.2 Å². The van der Waals surface area contributed by atoms with Crippen LogP contribution in [0, 0.1) is 3.57 Å². The maximum absolute atomic E-state index is 8.56. The topological polar surface area (TPSA) is 32.3 Å². The van der Waals surface area contributed by atoms with Gasteiger partial charge in [-0.15, -0.1) is 0 Å². The molecule has 0 saturated heterocycles. The number of hydrogen-bond acceptors (Lipinski definition) is 2. The van der Waals surface area contributed by atoms with E-state index in [1.54, 1.807) is 0 Å². The molecule has 12 heavy (non-hydrogen) atoms. The molecule has 2 nitrogen and oxygen atoms in total. The van der Waals surface area contributed by atoms with Crippen molar-refractivity contribution in [2.45, 2.75) is 6.42 Å². The summed E-state index contributed by atoms with van der Waals surface area (Å²) in [6.45, 7) is 1.08. The zero-order valence-corrected chi connectivity index (χ0v) is 8.91. The molecular formula is C9H12INO. The molecule has 0 aliphatic heterocycles. The van der Waals surface area contributed by atoms with Crippen LogP contribution in [0.4, 0.5) is 5.69 Å². The summed E-state index contributed by atoms with van der Waals surface area (Å²) < 4.78 is 1.22. The molecule has 0 spiro atoms. The number of nitrogens with one attached hydrogen (secondary N) is 1. The summed E-state index contributed by atoms with van der Waals surface area (Å²) in [5.41, 5.74) is 1.12. The van der Waals surface area contributed by atoms with Gasteiger partial charge in [-0.3, -0.25) is 0 Å².